The van der Waals surface area contributed by atoms with Gasteiger partial charge in [-0.2, -0.15) is 0 Å². The molecule has 0 saturated carbocycles. The maximum Gasteiger partial charge on any atom is 0.128 e. The van der Waals surface area contributed by atoms with Crippen molar-refractivity contribution in [3.05, 3.63) is 59.7 Å². The van der Waals surface area contributed by atoms with Gasteiger partial charge in [0.2, 0.25) is 0 Å². The molecule has 0 aliphatic heterocycles. The van der Waals surface area contributed by atoms with Crippen LogP contribution in [0.1, 0.15) is 24.2 Å². The highest BCUT2D eigenvalue weighted by molar-refractivity contribution is 5.44. The van der Waals surface area contributed by atoms with Crippen LogP contribution in [0.15, 0.2) is 42.6 Å². The van der Waals surface area contributed by atoms with Gasteiger partial charge in [0, 0.05) is 25.2 Å². The van der Waals surface area contributed by atoms with Gasteiger partial charge in [0.05, 0.1) is 17.6 Å². The molecule has 0 spiro atoms. The lowest BCUT2D eigenvalue weighted by Gasteiger charge is -2.19. The summed E-state index contributed by atoms with van der Waals surface area (Å²) < 4.78 is 13.6. The summed E-state index contributed by atoms with van der Waals surface area (Å²) in [5.41, 5.74) is 8.21. The second kappa shape index (κ2) is 5.80. The maximum atomic E-state index is 13.6. The SMILES string of the molecule is CC(N)c1ccc(N(C)Cc2ccccc2F)cn1. The minimum Gasteiger partial charge on any atom is -0.369 e. The smallest absolute Gasteiger partial charge is 0.128 e. The van der Waals surface area contributed by atoms with Crippen molar-refractivity contribution in [2.75, 3.05) is 11.9 Å². The van der Waals surface area contributed by atoms with E-state index in [1.807, 2.05) is 37.1 Å². The van der Waals surface area contributed by atoms with Crippen LogP contribution < -0.4 is 10.6 Å². The first kappa shape index (κ1) is 13.5. The van der Waals surface area contributed by atoms with Crippen LogP contribution in [0.2, 0.25) is 0 Å². The van der Waals surface area contributed by atoms with Gasteiger partial charge in [0.15, 0.2) is 0 Å². The van der Waals surface area contributed by atoms with Crippen molar-refractivity contribution >= 4 is 5.69 Å². The number of benzene rings is 1. The van der Waals surface area contributed by atoms with Crippen molar-refractivity contribution in [2.45, 2.75) is 19.5 Å². The number of pyridine rings is 1. The molecule has 0 amide bonds. The van der Waals surface area contributed by atoms with Crippen molar-refractivity contribution in [3.63, 3.8) is 0 Å². The monoisotopic (exact) mass is 259 g/mol. The summed E-state index contributed by atoms with van der Waals surface area (Å²) in [7, 11) is 1.91. The van der Waals surface area contributed by atoms with E-state index in [9.17, 15) is 4.39 Å². The second-order valence-electron chi connectivity index (χ2n) is 4.68. The lowest BCUT2D eigenvalue weighted by molar-refractivity contribution is 0.608. The van der Waals surface area contributed by atoms with Crippen molar-refractivity contribution in [2.24, 2.45) is 5.73 Å². The quantitative estimate of drug-likeness (QED) is 0.918. The van der Waals surface area contributed by atoms with Crippen LogP contribution in [-0.4, -0.2) is 12.0 Å². The molecular formula is C15H18FN3. The van der Waals surface area contributed by atoms with Crippen LogP contribution in [0, 0.1) is 5.82 Å². The van der Waals surface area contributed by atoms with E-state index in [-0.39, 0.29) is 11.9 Å². The Kier molecular flexibility index (Phi) is 4.12. The van der Waals surface area contributed by atoms with Crippen molar-refractivity contribution in [3.8, 4) is 0 Å². The number of nitrogens with zero attached hydrogens (tertiary/aromatic N) is 2. The van der Waals surface area contributed by atoms with Gasteiger partial charge in [0.1, 0.15) is 5.82 Å². The molecule has 0 aliphatic carbocycles. The van der Waals surface area contributed by atoms with E-state index in [1.54, 1.807) is 18.3 Å². The van der Waals surface area contributed by atoms with Gasteiger partial charge in [-0.3, -0.25) is 4.98 Å². The minimum atomic E-state index is -0.186. The summed E-state index contributed by atoms with van der Waals surface area (Å²) in [6, 6.07) is 10.6. The molecule has 0 aliphatic rings. The third-order valence-electron chi connectivity index (χ3n) is 3.04. The largest absolute Gasteiger partial charge is 0.369 e. The normalized spacial score (nSPS) is 12.2. The van der Waals surface area contributed by atoms with Gasteiger partial charge >= 0.3 is 0 Å². The number of rotatable bonds is 4. The summed E-state index contributed by atoms with van der Waals surface area (Å²) in [6.07, 6.45) is 1.76. The van der Waals surface area contributed by atoms with Crippen molar-refractivity contribution < 1.29 is 4.39 Å². The maximum absolute atomic E-state index is 13.6. The molecule has 1 atom stereocenters. The number of hydrogen-bond acceptors (Lipinski definition) is 3. The average molecular weight is 259 g/mol. The van der Waals surface area contributed by atoms with Gasteiger partial charge in [-0.1, -0.05) is 18.2 Å². The Labute approximate surface area is 112 Å². The number of nitrogens with two attached hydrogens (primary N) is 1. The molecule has 1 aromatic carbocycles. The van der Waals surface area contributed by atoms with E-state index >= 15 is 0 Å². The molecule has 2 rings (SSSR count). The third-order valence-corrected chi connectivity index (χ3v) is 3.04. The van der Waals surface area contributed by atoms with Gasteiger partial charge < -0.3 is 10.6 Å². The van der Waals surface area contributed by atoms with E-state index in [4.69, 9.17) is 5.73 Å². The Morgan fingerprint density at radius 1 is 1.26 bits per heavy atom. The number of aromatic nitrogens is 1. The molecule has 100 valence electrons. The van der Waals surface area contributed by atoms with Gasteiger partial charge in [-0.15, -0.1) is 0 Å². The first-order valence-electron chi connectivity index (χ1n) is 6.24. The zero-order valence-corrected chi connectivity index (χ0v) is 11.2. The first-order valence-corrected chi connectivity index (χ1v) is 6.24. The molecule has 0 saturated heterocycles. The van der Waals surface area contributed by atoms with E-state index in [1.165, 1.54) is 6.07 Å². The van der Waals surface area contributed by atoms with Crippen LogP contribution in [0.3, 0.4) is 0 Å². The second-order valence-corrected chi connectivity index (χ2v) is 4.68. The fraction of sp³-hybridized carbons (Fsp3) is 0.267. The highest BCUT2D eigenvalue weighted by Crippen LogP contribution is 2.17. The molecular weight excluding hydrogens is 241 g/mol. The van der Waals surface area contributed by atoms with Crippen LogP contribution in [-0.2, 0) is 6.54 Å². The van der Waals surface area contributed by atoms with E-state index < -0.39 is 0 Å². The van der Waals surface area contributed by atoms with Gasteiger partial charge in [-0.25, -0.2) is 4.39 Å². The molecule has 2 N–H and O–H groups in total. The Hall–Kier alpha value is -1.94. The van der Waals surface area contributed by atoms with Gasteiger partial charge in [0.25, 0.3) is 0 Å². The summed E-state index contributed by atoms with van der Waals surface area (Å²) in [5, 5.41) is 0. The molecule has 0 fully saturated rings. The van der Waals surface area contributed by atoms with Crippen LogP contribution >= 0.6 is 0 Å². The Balaban J connectivity index is 2.12. The predicted octanol–water partition coefficient (Wildman–Crippen LogP) is 2.88. The van der Waals surface area contributed by atoms with E-state index in [2.05, 4.69) is 4.98 Å². The van der Waals surface area contributed by atoms with E-state index in [0.717, 1.165) is 11.4 Å². The molecule has 0 radical (unpaired) electrons. The standard InChI is InChI=1S/C15H18FN3/c1-11(17)15-8-7-13(9-18-15)19(2)10-12-5-3-4-6-14(12)16/h3-9,11H,10,17H2,1-2H3. The highest BCUT2D eigenvalue weighted by atomic mass is 19.1. The molecule has 1 unspecified atom stereocenters. The summed E-state index contributed by atoms with van der Waals surface area (Å²) in [6.45, 7) is 2.40. The molecule has 0 bridgehead atoms. The molecule has 2 aromatic rings. The van der Waals surface area contributed by atoms with Crippen molar-refractivity contribution in [1.82, 2.24) is 4.98 Å². The number of anilines is 1. The molecule has 1 aromatic heterocycles. The number of halogens is 1. The zero-order chi connectivity index (χ0) is 13.8. The zero-order valence-electron chi connectivity index (χ0n) is 11.2. The predicted molar refractivity (Wildman–Crippen MR) is 75.3 cm³/mol. The number of hydrogen-bond donors (Lipinski definition) is 1. The lowest BCUT2D eigenvalue weighted by Crippen LogP contribution is -2.18. The third kappa shape index (κ3) is 3.29. The lowest BCUT2D eigenvalue weighted by atomic mass is 10.2. The highest BCUT2D eigenvalue weighted by Gasteiger charge is 2.07. The Morgan fingerprint density at radius 3 is 2.58 bits per heavy atom. The fourth-order valence-corrected chi connectivity index (χ4v) is 1.87. The summed E-state index contributed by atoms with van der Waals surface area (Å²) >= 11 is 0. The van der Waals surface area contributed by atoms with Crippen LogP contribution in [0.5, 0.6) is 0 Å². The molecule has 4 heteroatoms. The summed E-state index contributed by atoms with van der Waals surface area (Å²) in [5.74, 6) is -0.186. The first-order chi connectivity index (χ1) is 9.08. The van der Waals surface area contributed by atoms with Crippen LogP contribution in [0.4, 0.5) is 10.1 Å². The minimum absolute atomic E-state index is 0.0778. The summed E-state index contributed by atoms with van der Waals surface area (Å²) in [4.78, 5) is 6.26. The van der Waals surface area contributed by atoms with Crippen molar-refractivity contribution in [1.29, 1.82) is 0 Å². The molecule has 3 nitrogen and oxygen atoms in total. The fourth-order valence-electron chi connectivity index (χ4n) is 1.87. The molecule has 1 heterocycles. The Morgan fingerprint density at radius 2 is 2.00 bits per heavy atom. The van der Waals surface area contributed by atoms with Crippen LogP contribution in [0.25, 0.3) is 0 Å². The van der Waals surface area contributed by atoms with E-state index in [0.29, 0.717) is 12.1 Å². The molecule has 19 heavy (non-hydrogen) atoms. The topological polar surface area (TPSA) is 42.1 Å². The Bertz CT molecular complexity index is 537. The average Bonchev–Trinajstić information content (AvgIpc) is 2.41. The van der Waals surface area contributed by atoms with Gasteiger partial charge in [-0.05, 0) is 25.1 Å².